The Hall–Kier alpha value is -2.08. The van der Waals surface area contributed by atoms with Crippen molar-refractivity contribution in [3.05, 3.63) is 83.0 Å². The summed E-state index contributed by atoms with van der Waals surface area (Å²) in [4.78, 5) is 12.4. The number of hydrogen-bond acceptors (Lipinski definition) is 4. The number of amides is 1. The third kappa shape index (κ3) is 6.46. The minimum atomic E-state index is -3.67. The summed E-state index contributed by atoms with van der Waals surface area (Å²) in [6.07, 6.45) is 3.04. The van der Waals surface area contributed by atoms with Crippen molar-refractivity contribution in [3.8, 4) is 0 Å². The minimum Gasteiger partial charge on any atom is -0.332 e. The Bertz CT molecular complexity index is 1010. The number of nitrogens with one attached hydrogen (secondary N) is 2. The Morgan fingerprint density at radius 2 is 1.72 bits per heavy atom. The van der Waals surface area contributed by atoms with E-state index in [1.54, 1.807) is 30.3 Å². The largest absolute Gasteiger partial charge is 0.332 e. The number of hydrogen-bond donors (Lipinski definition) is 2. The molecule has 2 aromatic rings. The fourth-order valence-corrected chi connectivity index (χ4v) is 4.52. The predicted octanol–water partition coefficient (Wildman–Crippen LogP) is 3.78. The monoisotopic (exact) mass is 541 g/mol. The molecular weight excluding hydrogens is 521 g/mol. The third-order valence-corrected chi connectivity index (χ3v) is 6.45. The van der Waals surface area contributed by atoms with Gasteiger partial charge in [-0.1, -0.05) is 18.2 Å². The van der Waals surface area contributed by atoms with Crippen molar-refractivity contribution >= 4 is 61.5 Å². The first-order valence-corrected chi connectivity index (χ1v) is 11.4. The van der Waals surface area contributed by atoms with Crippen molar-refractivity contribution in [1.29, 1.82) is 0 Å². The molecule has 0 saturated heterocycles. The number of sulfonamides is 1. The summed E-state index contributed by atoms with van der Waals surface area (Å²) < 4.78 is 27.6. The number of carbonyl (C=O) groups is 1. The van der Waals surface area contributed by atoms with E-state index >= 15 is 0 Å². The lowest BCUT2D eigenvalue weighted by atomic mass is 10.2. The van der Waals surface area contributed by atoms with Crippen LogP contribution in [0.2, 0.25) is 0 Å². The van der Waals surface area contributed by atoms with Gasteiger partial charge in [0.05, 0.1) is 4.90 Å². The molecule has 0 atom stereocenters. The van der Waals surface area contributed by atoms with Crippen LogP contribution in [0.25, 0.3) is 0 Å². The van der Waals surface area contributed by atoms with E-state index in [4.69, 9.17) is 12.2 Å². The van der Waals surface area contributed by atoms with E-state index in [0.717, 1.165) is 3.57 Å². The maximum absolute atomic E-state index is 12.7. The summed E-state index contributed by atoms with van der Waals surface area (Å²) in [6.45, 7) is 7.54. The molecule has 2 rings (SSSR count). The van der Waals surface area contributed by atoms with Gasteiger partial charge in [0.25, 0.3) is 5.91 Å². The molecular formula is C20H20IN3O3S2. The predicted molar refractivity (Wildman–Crippen MR) is 128 cm³/mol. The van der Waals surface area contributed by atoms with Crippen LogP contribution in [0.1, 0.15) is 10.4 Å². The van der Waals surface area contributed by atoms with Gasteiger partial charge in [0.15, 0.2) is 5.11 Å². The van der Waals surface area contributed by atoms with Gasteiger partial charge >= 0.3 is 0 Å². The van der Waals surface area contributed by atoms with Crippen molar-refractivity contribution in [2.45, 2.75) is 4.90 Å². The Morgan fingerprint density at radius 3 is 2.28 bits per heavy atom. The molecule has 0 aliphatic heterocycles. The van der Waals surface area contributed by atoms with E-state index in [-0.39, 0.29) is 29.0 Å². The van der Waals surface area contributed by atoms with Gasteiger partial charge in [0.1, 0.15) is 0 Å². The van der Waals surface area contributed by atoms with E-state index in [2.05, 4.69) is 46.4 Å². The molecule has 0 unspecified atom stereocenters. The molecule has 9 heteroatoms. The molecule has 0 spiro atoms. The highest BCUT2D eigenvalue weighted by Gasteiger charge is 2.22. The molecule has 29 heavy (non-hydrogen) atoms. The number of halogens is 1. The van der Waals surface area contributed by atoms with Crippen molar-refractivity contribution in [1.82, 2.24) is 9.62 Å². The molecule has 0 aliphatic carbocycles. The quantitative estimate of drug-likeness (QED) is 0.302. The van der Waals surface area contributed by atoms with E-state index in [9.17, 15) is 13.2 Å². The highest BCUT2D eigenvalue weighted by molar-refractivity contribution is 14.1. The Morgan fingerprint density at radius 1 is 1.10 bits per heavy atom. The number of nitrogens with zero attached hydrogens (tertiary/aromatic N) is 1. The molecule has 6 nitrogen and oxygen atoms in total. The summed E-state index contributed by atoms with van der Waals surface area (Å²) in [5.41, 5.74) is 1.04. The summed E-state index contributed by atoms with van der Waals surface area (Å²) in [6, 6.07) is 13.2. The molecule has 2 aromatic carbocycles. The van der Waals surface area contributed by atoms with Crippen molar-refractivity contribution in [2.24, 2.45) is 0 Å². The second kappa shape index (κ2) is 10.6. The van der Waals surface area contributed by atoms with Gasteiger partial charge in [0, 0.05) is 27.9 Å². The zero-order valence-corrected chi connectivity index (χ0v) is 19.3. The fourth-order valence-electron chi connectivity index (χ4n) is 2.39. The van der Waals surface area contributed by atoms with E-state index < -0.39 is 10.0 Å². The first-order chi connectivity index (χ1) is 13.8. The highest BCUT2D eigenvalue weighted by Crippen LogP contribution is 2.18. The molecule has 0 radical (unpaired) electrons. The van der Waals surface area contributed by atoms with E-state index in [1.807, 2.05) is 6.07 Å². The van der Waals surface area contributed by atoms with Gasteiger partial charge < -0.3 is 5.32 Å². The van der Waals surface area contributed by atoms with Crippen molar-refractivity contribution in [3.63, 3.8) is 0 Å². The van der Waals surface area contributed by atoms with Crippen LogP contribution < -0.4 is 10.6 Å². The normalized spacial score (nSPS) is 11.0. The number of thiocarbonyl (C=S) groups is 1. The lowest BCUT2D eigenvalue weighted by molar-refractivity contribution is 0.0977. The van der Waals surface area contributed by atoms with Gasteiger partial charge in [0.2, 0.25) is 10.0 Å². The van der Waals surface area contributed by atoms with Crippen LogP contribution in [0, 0.1) is 3.57 Å². The summed E-state index contributed by atoms with van der Waals surface area (Å²) in [7, 11) is -3.67. The maximum atomic E-state index is 12.7. The third-order valence-electron chi connectivity index (χ3n) is 3.73. The van der Waals surface area contributed by atoms with Crippen LogP contribution in [-0.2, 0) is 10.0 Å². The summed E-state index contributed by atoms with van der Waals surface area (Å²) in [5.74, 6) is -0.329. The Balaban J connectivity index is 2.06. The number of rotatable bonds is 8. The fraction of sp³-hybridized carbons (Fsp3) is 0.100. The lowest BCUT2D eigenvalue weighted by Gasteiger charge is -2.19. The van der Waals surface area contributed by atoms with Crippen LogP contribution in [-0.4, -0.2) is 36.8 Å². The molecule has 1 amide bonds. The van der Waals surface area contributed by atoms with Crippen LogP contribution in [0.15, 0.2) is 78.7 Å². The van der Waals surface area contributed by atoms with Crippen LogP contribution in [0.3, 0.4) is 0 Å². The molecule has 0 aromatic heterocycles. The topological polar surface area (TPSA) is 78.5 Å². The van der Waals surface area contributed by atoms with Crippen LogP contribution in [0.4, 0.5) is 5.69 Å². The van der Waals surface area contributed by atoms with Gasteiger partial charge in [-0.2, -0.15) is 4.31 Å². The highest BCUT2D eigenvalue weighted by atomic mass is 127. The second-order valence-corrected chi connectivity index (χ2v) is 9.43. The molecule has 0 fully saturated rings. The lowest BCUT2D eigenvalue weighted by Crippen LogP contribution is -2.34. The maximum Gasteiger partial charge on any atom is 0.257 e. The van der Waals surface area contributed by atoms with Gasteiger partial charge in [-0.3, -0.25) is 10.1 Å². The van der Waals surface area contributed by atoms with Crippen LogP contribution >= 0.6 is 34.8 Å². The number of anilines is 1. The van der Waals surface area contributed by atoms with Gasteiger partial charge in [-0.05, 0) is 77.3 Å². The molecule has 2 N–H and O–H groups in total. The molecule has 0 saturated carbocycles. The summed E-state index contributed by atoms with van der Waals surface area (Å²) in [5, 5.41) is 5.59. The van der Waals surface area contributed by atoms with E-state index in [0.29, 0.717) is 11.3 Å². The first kappa shape index (κ1) is 23.2. The smallest absolute Gasteiger partial charge is 0.257 e. The number of benzene rings is 2. The van der Waals surface area contributed by atoms with E-state index in [1.165, 1.54) is 28.6 Å². The molecule has 0 bridgehead atoms. The van der Waals surface area contributed by atoms with Crippen LogP contribution in [0.5, 0.6) is 0 Å². The molecule has 0 aliphatic rings. The van der Waals surface area contributed by atoms with Gasteiger partial charge in [-0.15, -0.1) is 13.2 Å². The first-order valence-electron chi connectivity index (χ1n) is 8.48. The second-order valence-electron chi connectivity index (χ2n) is 5.84. The van der Waals surface area contributed by atoms with Gasteiger partial charge in [-0.25, -0.2) is 8.42 Å². The van der Waals surface area contributed by atoms with Crippen molar-refractivity contribution < 1.29 is 13.2 Å². The number of carbonyl (C=O) groups excluding carboxylic acids is 1. The summed E-state index contributed by atoms with van der Waals surface area (Å²) >= 11 is 7.29. The Labute approximate surface area is 189 Å². The zero-order valence-electron chi connectivity index (χ0n) is 15.5. The molecule has 152 valence electrons. The zero-order chi connectivity index (χ0) is 21.4. The molecule has 0 heterocycles. The van der Waals surface area contributed by atoms with Crippen molar-refractivity contribution in [2.75, 3.05) is 18.4 Å². The average Bonchev–Trinajstić information content (AvgIpc) is 2.68. The SMILES string of the molecule is C=CCN(CC=C)S(=O)(=O)c1ccc(NC(=S)NC(=O)c2cccc(I)c2)cc1. The standard InChI is InChI=1S/C20H20IN3O3S2/c1-3-12-24(13-4-2)29(26,27)18-10-8-17(9-11-18)22-20(28)23-19(25)15-6-5-7-16(21)14-15/h3-11,14H,1-2,12-13H2,(H2,22,23,25,28). The minimum absolute atomic E-state index is 0.115. The average molecular weight is 541 g/mol. The Kier molecular flexibility index (Phi) is 8.50.